The zero-order valence-corrected chi connectivity index (χ0v) is 12.4. The predicted octanol–water partition coefficient (Wildman–Crippen LogP) is 3.29. The maximum Gasteiger partial charge on any atom is 0.0651 e. The first-order valence-electron chi connectivity index (χ1n) is 8.30. The van der Waals surface area contributed by atoms with E-state index >= 15 is 0 Å². The molecule has 1 heterocycles. The number of benzene rings is 1. The summed E-state index contributed by atoms with van der Waals surface area (Å²) in [6.07, 6.45) is 9.92. The van der Waals surface area contributed by atoms with Crippen molar-refractivity contribution in [1.29, 1.82) is 0 Å². The van der Waals surface area contributed by atoms with Gasteiger partial charge in [0.05, 0.1) is 11.7 Å². The SMILES string of the molecule is c1cc2[nH]ncc2cc1NC1CCC(NCC2CC2)CC1. The second-order valence-electron chi connectivity index (χ2n) is 6.72. The molecule has 0 aliphatic heterocycles. The van der Waals surface area contributed by atoms with Crippen molar-refractivity contribution in [3.63, 3.8) is 0 Å². The van der Waals surface area contributed by atoms with Crippen LogP contribution >= 0.6 is 0 Å². The molecule has 2 aromatic rings. The second-order valence-corrected chi connectivity index (χ2v) is 6.72. The van der Waals surface area contributed by atoms with Crippen molar-refractivity contribution in [2.45, 2.75) is 50.6 Å². The summed E-state index contributed by atoms with van der Waals surface area (Å²) in [6.45, 7) is 1.25. The Bertz CT molecular complexity index is 594. The highest BCUT2D eigenvalue weighted by molar-refractivity contribution is 5.81. The molecule has 0 unspecified atom stereocenters. The molecule has 2 aliphatic rings. The van der Waals surface area contributed by atoms with Crippen molar-refractivity contribution in [1.82, 2.24) is 15.5 Å². The maximum absolute atomic E-state index is 4.08. The van der Waals surface area contributed by atoms with Crippen LogP contribution in [0.15, 0.2) is 24.4 Å². The van der Waals surface area contributed by atoms with E-state index in [2.05, 4.69) is 39.0 Å². The van der Waals surface area contributed by atoms with Crippen LogP contribution in [0.2, 0.25) is 0 Å². The van der Waals surface area contributed by atoms with E-state index in [4.69, 9.17) is 0 Å². The molecule has 1 aromatic carbocycles. The van der Waals surface area contributed by atoms with Gasteiger partial charge in [0, 0.05) is 23.2 Å². The molecule has 0 radical (unpaired) electrons. The van der Waals surface area contributed by atoms with Crippen LogP contribution in [0.25, 0.3) is 10.9 Å². The smallest absolute Gasteiger partial charge is 0.0651 e. The van der Waals surface area contributed by atoms with Crippen molar-refractivity contribution in [3.8, 4) is 0 Å². The number of hydrogen-bond acceptors (Lipinski definition) is 3. The van der Waals surface area contributed by atoms with Gasteiger partial charge in [-0.2, -0.15) is 5.10 Å². The van der Waals surface area contributed by atoms with Crippen LogP contribution in [0.5, 0.6) is 0 Å². The number of H-pyrrole nitrogens is 1. The molecule has 2 aliphatic carbocycles. The van der Waals surface area contributed by atoms with E-state index in [0.29, 0.717) is 6.04 Å². The van der Waals surface area contributed by atoms with Gasteiger partial charge in [-0.05, 0) is 69.2 Å². The van der Waals surface area contributed by atoms with Gasteiger partial charge in [-0.1, -0.05) is 0 Å². The molecule has 3 N–H and O–H groups in total. The molecule has 0 bridgehead atoms. The maximum atomic E-state index is 4.08. The first-order chi connectivity index (χ1) is 10.4. The lowest BCUT2D eigenvalue weighted by atomic mass is 9.91. The van der Waals surface area contributed by atoms with E-state index < -0.39 is 0 Å². The van der Waals surface area contributed by atoms with E-state index in [1.165, 1.54) is 56.1 Å². The minimum absolute atomic E-state index is 0.619. The van der Waals surface area contributed by atoms with E-state index in [1.807, 2.05) is 6.20 Å². The largest absolute Gasteiger partial charge is 0.382 e. The van der Waals surface area contributed by atoms with Crippen molar-refractivity contribution < 1.29 is 0 Å². The summed E-state index contributed by atoms with van der Waals surface area (Å²) in [7, 11) is 0. The fraction of sp³-hybridized carbons (Fsp3) is 0.588. The van der Waals surface area contributed by atoms with Gasteiger partial charge in [0.1, 0.15) is 0 Å². The van der Waals surface area contributed by atoms with Crippen LogP contribution < -0.4 is 10.6 Å². The number of rotatable bonds is 5. The summed E-state index contributed by atoms with van der Waals surface area (Å²) in [6, 6.07) is 7.81. The zero-order chi connectivity index (χ0) is 14.1. The first kappa shape index (κ1) is 13.1. The topological polar surface area (TPSA) is 52.7 Å². The van der Waals surface area contributed by atoms with Crippen LogP contribution in [-0.4, -0.2) is 28.8 Å². The lowest BCUT2D eigenvalue weighted by Crippen LogP contribution is -2.37. The number of anilines is 1. The first-order valence-corrected chi connectivity index (χ1v) is 8.30. The van der Waals surface area contributed by atoms with Crippen LogP contribution in [0, 0.1) is 5.92 Å². The van der Waals surface area contributed by atoms with E-state index in [0.717, 1.165) is 17.5 Å². The van der Waals surface area contributed by atoms with Gasteiger partial charge in [-0.15, -0.1) is 0 Å². The monoisotopic (exact) mass is 284 g/mol. The highest BCUT2D eigenvalue weighted by Crippen LogP contribution is 2.29. The highest BCUT2D eigenvalue weighted by Gasteiger charge is 2.25. The fourth-order valence-electron chi connectivity index (χ4n) is 3.37. The molecule has 21 heavy (non-hydrogen) atoms. The Morgan fingerprint density at radius 3 is 2.67 bits per heavy atom. The van der Waals surface area contributed by atoms with Gasteiger partial charge in [0.2, 0.25) is 0 Å². The summed E-state index contributed by atoms with van der Waals surface area (Å²) in [5.74, 6) is 0.988. The van der Waals surface area contributed by atoms with Crippen molar-refractivity contribution in [2.24, 2.45) is 5.92 Å². The van der Waals surface area contributed by atoms with Crippen LogP contribution in [-0.2, 0) is 0 Å². The quantitative estimate of drug-likeness (QED) is 0.789. The number of hydrogen-bond donors (Lipinski definition) is 3. The molecule has 4 rings (SSSR count). The molecule has 4 nitrogen and oxygen atoms in total. The molecular formula is C17H24N4. The van der Waals surface area contributed by atoms with E-state index in [1.54, 1.807) is 0 Å². The van der Waals surface area contributed by atoms with E-state index in [9.17, 15) is 0 Å². The lowest BCUT2D eigenvalue weighted by Gasteiger charge is -2.30. The number of nitrogens with zero attached hydrogens (tertiary/aromatic N) is 1. The molecule has 0 atom stereocenters. The third kappa shape index (κ3) is 3.21. The Labute approximate surface area is 125 Å². The Balaban J connectivity index is 1.29. The zero-order valence-electron chi connectivity index (χ0n) is 12.4. The fourth-order valence-corrected chi connectivity index (χ4v) is 3.37. The number of nitrogens with one attached hydrogen (secondary N) is 3. The van der Waals surface area contributed by atoms with Gasteiger partial charge in [-0.25, -0.2) is 0 Å². The van der Waals surface area contributed by atoms with Gasteiger partial charge < -0.3 is 10.6 Å². The number of fused-ring (bicyclic) bond motifs is 1. The van der Waals surface area contributed by atoms with Gasteiger partial charge >= 0.3 is 0 Å². The van der Waals surface area contributed by atoms with Crippen molar-refractivity contribution >= 4 is 16.6 Å². The number of aromatic nitrogens is 2. The summed E-state index contributed by atoms with van der Waals surface area (Å²) in [4.78, 5) is 0. The van der Waals surface area contributed by atoms with Crippen LogP contribution in [0.3, 0.4) is 0 Å². The molecule has 112 valence electrons. The molecule has 1 aromatic heterocycles. The highest BCUT2D eigenvalue weighted by atomic mass is 15.1. The molecular weight excluding hydrogens is 260 g/mol. The molecule has 0 saturated heterocycles. The Morgan fingerprint density at radius 2 is 1.86 bits per heavy atom. The minimum Gasteiger partial charge on any atom is -0.382 e. The summed E-state index contributed by atoms with van der Waals surface area (Å²) < 4.78 is 0. The Morgan fingerprint density at radius 1 is 1.05 bits per heavy atom. The van der Waals surface area contributed by atoms with E-state index in [-0.39, 0.29) is 0 Å². The number of aromatic amines is 1. The Hall–Kier alpha value is -1.55. The van der Waals surface area contributed by atoms with Crippen LogP contribution in [0.4, 0.5) is 5.69 Å². The summed E-state index contributed by atoms with van der Waals surface area (Å²) >= 11 is 0. The van der Waals surface area contributed by atoms with Gasteiger partial charge in [-0.3, -0.25) is 5.10 Å². The third-order valence-electron chi connectivity index (χ3n) is 4.93. The average molecular weight is 284 g/mol. The van der Waals surface area contributed by atoms with Gasteiger partial charge in [0.15, 0.2) is 0 Å². The molecule has 0 spiro atoms. The summed E-state index contributed by atoms with van der Waals surface area (Å²) in [5.41, 5.74) is 2.33. The lowest BCUT2D eigenvalue weighted by molar-refractivity contribution is 0.350. The van der Waals surface area contributed by atoms with Crippen molar-refractivity contribution in [3.05, 3.63) is 24.4 Å². The Kier molecular flexibility index (Phi) is 3.55. The molecule has 2 fully saturated rings. The average Bonchev–Trinajstić information content (AvgIpc) is 3.23. The minimum atomic E-state index is 0.619. The summed E-state index contributed by atoms with van der Waals surface area (Å²) in [5, 5.41) is 15.7. The third-order valence-corrected chi connectivity index (χ3v) is 4.93. The second kappa shape index (κ2) is 5.68. The molecule has 4 heteroatoms. The molecule has 0 amide bonds. The normalized spacial score (nSPS) is 26.1. The standard InChI is InChI=1S/C17H24N4/c1-2-12(1)10-18-14-3-5-15(6-4-14)20-16-7-8-17-13(9-16)11-19-21-17/h7-9,11-12,14-15,18,20H,1-6,10H2,(H,19,21). The van der Waals surface area contributed by atoms with Crippen LogP contribution in [0.1, 0.15) is 38.5 Å². The molecule has 2 saturated carbocycles. The van der Waals surface area contributed by atoms with Crippen molar-refractivity contribution in [2.75, 3.05) is 11.9 Å². The predicted molar refractivity (Wildman–Crippen MR) is 86.5 cm³/mol. The van der Waals surface area contributed by atoms with Gasteiger partial charge in [0.25, 0.3) is 0 Å².